The second-order valence-corrected chi connectivity index (χ2v) is 7.51. The van der Waals surface area contributed by atoms with E-state index in [2.05, 4.69) is 9.71 Å². The fourth-order valence-electron chi connectivity index (χ4n) is 1.61. The maximum absolute atomic E-state index is 12.2. The molecule has 0 saturated heterocycles. The summed E-state index contributed by atoms with van der Waals surface area (Å²) in [5, 5.41) is 0. The van der Waals surface area contributed by atoms with Gasteiger partial charge in [0.2, 0.25) is 10.0 Å². The molecule has 0 saturated carbocycles. The molecule has 0 aromatic carbocycles. The highest BCUT2D eigenvalue weighted by Crippen LogP contribution is 2.27. The summed E-state index contributed by atoms with van der Waals surface area (Å²) in [5.74, 6) is 0. The number of sulfonamides is 1. The van der Waals surface area contributed by atoms with E-state index in [1.807, 2.05) is 6.07 Å². The van der Waals surface area contributed by atoms with Crippen LogP contribution in [0.25, 0.3) is 0 Å². The summed E-state index contributed by atoms with van der Waals surface area (Å²) in [6, 6.07) is 4.74. The highest BCUT2D eigenvalue weighted by molar-refractivity contribution is 7.89. The minimum atomic E-state index is -3.56. The largest absolute Gasteiger partial charge is 0.363 e. The van der Waals surface area contributed by atoms with Crippen molar-refractivity contribution in [2.75, 3.05) is 0 Å². The lowest BCUT2D eigenvalue weighted by Gasteiger charge is -2.11. The van der Waals surface area contributed by atoms with Gasteiger partial charge in [-0.25, -0.2) is 13.1 Å². The molecular weight excluding hydrogens is 306 g/mol. The Morgan fingerprint density at radius 2 is 2.26 bits per heavy atom. The van der Waals surface area contributed by atoms with Crippen LogP contribution in [-0.4, -0.2) is 13.4 Å². The van der Waals surface area contributed by atoms with E-state index in [4.69, 9.17) is 17.3 Å². The van der Waals surface area contributed by atoms with Crippen molar-refractivity contribution in [3.8, 4) is 0 Å². The number of nitrogens with two attached hydrogens (primary N) is 1. The molecule has 0 aliphatic carbocycles. The summed E-state index contributed by atoms with van der Waals surface area (Å²) >= 11 is 7.19. The Kier molecular flexibility index (Phi) is 4.32. The molecular formula is C11H14ClN3O2S2. The maximum Gasteiger partial charge on any atom is 0.242 e. The zero-order chi connectivity index (χ0) is 14.0. The van der Waals surface area contributed by atoms with Crippen LogP contribution in [0.4, 0.5) is 0 Å². The molecule has 0 fully saturated rings. The van der Waals surface area contributed by atoms with Crippen LogP contribution in [0.3, 0.4) is 0 Å². The van der Waals surface area contributed by atoms with Gasteiger partial charge in [-0.05, 0) is 25.1 Å². The lowest BCUT2D eigenvalue weighted by Crippen LogP contribution is -2.26. The molecule has 0 radical (unpaired) electrons. The first-order chi connectivity index (χ1) is 8.92. The van der Waals surface area contributed by atoms with Gasteiger partial charge in [0.1, 0.15) is 0 Å². The van der Waals surface area contributed by atoms with E-state index in [0.29, 0.717) is 10.0 Å². The third-order valence-corrected chi connectivity index (χ3v) is 5.53. The third kappa shape index (κ3) is 3.37. The molecule has 104 valence electrons. The molecule has 2 aromatic rings. The summed E-state index contributed by atoms with van der Waals surface area (Å²) in [5.41, 5.74) is 6.12. The zero-order valence-corrected chi connectivity index (χ0v) is 12.6. The van der Waals surface area contributed by atoms with Gasteiger partial charge in [0.15, 0.2) is 0 Å². The molecule has 8 heteroatoms. The Hall–Kier alpha value is -0.860. The Morgan fingerprint density at radius 3 is 2.79 bits per heavy atom. The molecule has 2 heterocycles. The van der Waals surface area contributed by atoms with Crippen LogP contribution in [0.2, 0.25) is 4.34 Å². The molecule has 0 amide bonds. The predicted molar refractivity (Wildman–Crippen MR) is 76.7 cm³/mol. The van der Waals surface area contributed by atoms with E-state index < -0.39 is 10.0 Å². The van der Waals surface area contributed by atoms with Crippen LogP contribution < -0.4 is 10.5 Å². The molecule has 5 nitrogen and oxygen atoms in total. The lowest BCUT2D eigenvalue weighted by molar-refractivity contribution is 0.568. The predicted octanol–water partition coefficient (Wildman–Crippen LogP) is 2.23. The Labute approximate surface area is 120 Å². The van der Waals surface area contributed by atoms with Crippen molar-refractivity contribution >= 4 is 33.0 Å². The van der Waals surface area contributed by atoms with Gasteiger partial charge in [-0.3, -0.25) is 0 Å². The van der Waals surface area contributed by atoms with Crippen LogP contribution in [0.5, 0.6) is 0 Å². The van der Waals surface area contributed by atoms with E-state index >= 15 is 0 Å². The SMILES string of the molecule is CC(NS(=O)(=O)c1c[nH]c(CN)c1)c1ccc(Cl)s1. The van der Waals surface area contributed by atoms with Gasteiger partial charge in [0.25, 0.3) is 0 Å². The van der Waals surface area contributed by atoms with Crippen LogP contribution in [0.15, 0.2) is 29.3 Å². The van der Waals surface area contributed by atoms with Crippen LogP contribution in [0.1, 0.15) is 23.5 Å². The summed E-state index contributed by atoms with van der Waals surface area (Å²) in [6.07, 6.45) is 1.43. The van der Waals surface area contributed by atoms with Gasteiger partial charge in [0, 0.05) is 23.3 Å². The molecule has 0 spiro atoms. The second kappa shape index (κ2) is 5.64. The monoisotopic (exact) mass is 319 g/mol. The molecule has 2 rings (SSSR count). The molecule has 0 aliphatic rings. The molecule has 1 unspecified atom stereocenters. The minimum Gasteiger partial charge on any atom is -0.363 e. The fourth-order valence-corrected chi connectivity index (χ4v) is 3.99. The van der Waals surface area contributed by atoms with Crippen molar-refractivity contribution in [2.24, 2.45) is 5.73 Å². The number of hydrogen-bond acceptors (Lipinski definition) is 4. The summed E-state index contributed by atoms with van der Waals surface area (Å²) in [7, 11) is -3.56. The first-order valence-electron chi connectivity index (χ1n) is 5.57. The molecule has 19 heavy (non-hydrogen) atoms. The van der Waals surface area contributed by atoms with Gasteiger partial charge in [-0.1, -0.05) is 11.6 Å². The van der Waals surface area contributed by atoms with Gasteiger partial charge in [0.05, 0.1) is 15.3 Å². The molecule has 0 aliphatic heterocycles. The van der Waals surface area contributed by atoms with Gasteiger partial charge in [-0.2, -0.15) is 0 Å². The molecule has 4 N–H and O–H groups in total. The van der Waals surface area contributed by atoms with Gasteiger partial charge >= 0.3 is 0 Å². The van der Waals surface area contributed by atoms with Crippen molar-refractivity contribution in [3.05, 3.63) is 39.3 Å². The number of aromatic amines is 1. The maximum atomic E-state index is 12.2. The average Bonchev–Trinajstić information content (AvgIpc) is 2.96. The lowest BCUT2D eigenvalue weighted by atomic mass is 10.3. The fraction of sp³-hybridized carbons (Fsp3) is 0.273. The molecule has 2 aromatic heterocycles. The summed E-state index contributed by atoms with van der Waals surface area (Å²) in [6.45, 7) is 2.04. The van der Waals surface area contributed by atoms with Gasteiger partial charge < -0.3 is 10.7 Å². The highest BCUT2D eigenvalue weighted by atomic mass is 35.5. The van der Waals surface area contributed by atoms with Crippen LogP contribution >= 0.6 is 22.9 Å². The van der Waals surface area contributed by atoms with Crippen LogP contribution in [-0.2, 0) is 16.6 Å². The van der Waals surface area contributed by atoms with Crippen molar-refractivity contribution < 1.29 is 8.42 Å². The van der Waals surface area contributed by atoms with Crippen molar-refractivity contribution in [1.29, 1.82) is 0 Å². The molecule has 1 atom stereocenters. The first kappa shape index (κ1) is 14.5. The van der Waals surface area contributed by atoms with E-state index in [9.17, 15) is 8.42 Å². The van der Waals surface area contributed by atoms with E-state index in [1.54, 1.807) is 13.0 Å². The standard InChI is InChI=1S/C11H14ClN3O2S2/c1-7(10-2-3-11(12)18-10)15-19(16,17)9-4-8(5-13)14-6-9/h2-4,6-7,14-15H,5,13H2,1H3. The Morgan fingerprint density at radius 1 is 1.53 bits per heavy atom. The van der Waals surface area contributed by atoms with Crippen molar-refractivity contribution in [3.63, 3.8) is 0 Å². The van der Waals surface area contributed by atoms with Crippen molar-refractivity contribution in [2.45, 2.75) is 24.4 Å². The highest BCUT2D eigenvalue weighted by Gasteiger charge is 2.20. The first-order valence-corrected chi connectivity index (χ1v) is 8.25. The Balaban J connectivity index is 2.17. The van der Waals surface area contributed by atoms with Gasteiger partial charge in [-0.15, -0.1) is 11.3 Å². The average molecular weight is 320 g/mol. The summed E-state index contributed by atoms with van der Waals surface area (Å²) in [4.78, 5) is 3.86. The van der Waals surface area contributed by atoms with Crippen molar-refractivity contribution in [1.82, 2.24) is 9.71 Å². The van der Waals surface area contributed by atoms with E-state index in [-0.39, 0.29) is 17.5 Å². The number of halogens is 1. The minimum absolute atomic E-state index is 0.183. The van der Waals surface area contributed by atoms with E-state index in [1.165, 1.54) is 23.6 Å². The number of thiophene rings is 1. The molecule has 0 bridgehead atoms. The topological polar surface area (TPSA) is 88.0 Å². The number of aromatic nitrogens is 1. The summed E-state index contributed by atoms with van der Waals surface area (Å²) < 4.78 is 27.5. The second-order valence-electron chi connectivity index (χ2n) is 4.05. The number of nitrogens with one attached hydrogen (secondary N) is 2. The normalized spacial score (nSPS) is 13.6. The number of rotatable bonds is 5. The zero-order valence-electron chi connectivity index (χ0n) is 10.2. The smallest absolute Gasteiger partial charge is 0.242 e. The Bertz CT molecular complexity index is 663. The number of hydrogen-bond donors (Lipinski definition) is 3. The number of H-pyrrole nitrogens is 1. The van der Waals surface area contributed by atoms with E-state index in [0.717, 1.165) is 4.88 Å². The van der Waals surface area contributed by atoms with Crippen LogP contribution in [0, 0.1) is 0 Å². The third-order valence-electron chi connectivity index (χ3n) is 2.60. The quantitative estimate of drug-likeness (QED) is 0.789.